The van der Waals surface area contributed by atoms with Gasteiger partial charge in [0.05, 0.1) is 23.2 Å². The van der Waals surface area contributed by atoms with Crippen LogP contribution in [0.25, 0.3) is 11.1 Å². The molecule has 0 unspecified atom stereocenters. The van der Waals surface area contributed by atoms with Gasteiger partial charge < -0.3 is 20.1 Å². The molecule has 0 aliphatic heterocycles. The molecule has 0 saturated carbocycles. The van der Waals surface area contributed by atoms with Gasteiger partial charge >= 0.3 is 5.97 Å². The Labute approximate surface area is 113 Å². The molecular weight excluding hydrogens is 266 g/mol. The van der Waals surface area contributed by atoms with Crippen molar-refractivity contribution >= 4 is 23.0 Å². The number of carboxylic acids is 1. The molecule has 106 valence electrons. The second-order valence-electron chi connectivity index (χ2n) is 4.32. The topological polar surface area (TPSA) is 126 Å². The molecule has 0 aliphatic rings. The third-order valence-corrected chi connectivity index (χ3v) is 2.73. The van der Waals surface area contributed by atoms with Gasteiger partial charge in [-0.1, -0.05) is 5.16 Å². The summed E-state index contributed by atoms with van der Waals surface area (Å²) in [4.78, 5) is 26.7. The molecular formula is C12H13N3O5. The number of rotatable bonds is 4. The Balaban J connectivity index is 2.30. The van der Waals surface area contributed by atoms with Crippen LogP contribution in [0.3, 0.4) is 0 Å². The van der Waals surface area contributed by atoms with E-state index in [2.05, 4.69) is 15.5 Å². The number of hydrogen-bond acceptors (Lipinski definition) is 6. The predicted molar refractivity (Wildman–Crippen MR) is 67.3 cm³/mol. The van der Waals surface area contributed by atoms with Crippen molar-refractivity contribution in [3.05, 3.63) is 23.0 Å². The van der Waals surface area contributed by atoms with Crippen molar-refractivity contribution in [3.8, 4) is 0 Å². The second kappa shape index (κ2) is 5.25. The van der Waals surface area contributed by atoms with Crippen LogP contribution in [0.1, 0.15) is 21.7 Å². The van der Waals surface area contributed by atoms with Crippen molar-refractivity contribution in [2.45, 2.75) is 20.0 Å². The largest absolute Gasteiger partial charge is 0.479 e. The summed E-state index contributed by atoms with van der Waals surface area (Å²) in [6, 6.07) is 1.55. The van der Waals surface area contributed by atoms with Crippen LogP contribution in [0.15, 0.2) is 10.6 Å². The van der Waals surface area contributed by atoms with Gasteiger partial charge in [-0.25, -0.2) is 9.78 Å². The maximum absolute atomic E-state index is 12.1. The van der Waals surface area contributed by atoms with E-state index >= 15 is 0 Å². The van der Waals surface area contributed by atoms with Crippen LogP contribution in [0.4, 0.5) is 0 Å². The van der Waals surface area contributed by atoms with Gasteiger partial charge in [-0.3, -0.25) is 4.79 Å². The van der Waals surface area contributed by atoms with E-state index in [0.29, 0.717) is 16.8 Å². The number of nitrogens with zero attached hydrogens (tertiary/aromatic N) is 2. The molecule has 2 aromatic heterocycles. The molecule has 0 fully saturated rings. The summed E-state index contributed by atoms with van der Waals surface area (Å²) in [5, 5.41) is 24.3. The third-order valence-electron chi connectivity index (χ3n) is 2.73. The van der Waals surface area contributed by atoms with E-state index in [1.54, 1.807) is 19.9 Å². The summed E-state index contributed by atoms with van der Waals surface area (Å²) in [5.74, 6) is -1.92. The number of aliphatic carboxylic acids is 1. The number of aryl methyl sites for hydroxylation is 2. The Morgan fingerprint density at radius 2 is 2.15 bits per heavy atom. The van der Waals surface area contributed by atoms with E-state index in [1.807, 2.05) is 0 Å². The van der Waals surface area contributed by atoms with Gasteiger partial charge in [0.25, 0.3) is 11.6 Å². The van der Waals surface area contributed by atoms with Crippen LogP contribution in [-0.4, -0.2) is 44.9 Å². The number of carboxylic acid groups (broad SMARTS) is 1. The van der Waals surface area contributed by atoms with Crippen LogP contribution in [0.2, 0.25) is 0 Å². The SMILES string of the molecule is Cc1cc(C(=O)NC[C@H](O)C(=O)O)c2c(C)noc2n1. The zero-order valence-electron chi connectivity index (χ0n) is 10.9. The van der Waals surface area contributed by atoms with Crippen LogP contribution < -0.4 is 5.32 Å². The Morgan fingerprint density at radius 3 is 2.80 bits per heavy atom. The molecule has 0 aromatic carbocycles. The fourth-order valence-electron chi connectivity index (χ4n) is 1.77. The molecule has 1 amide bonds. The van der Waals surface area contributed by atoms with Gasteiger partial charge in [0, 0.05) is 5.69 Å². The molecule has 2 rings (SSSR count). The highest BCUT2D eigenvalue weighted by atomic mass is 16.5. The maximum atomic E-state index is 12.1. The molecule has 2 heterocycles. The highest BCUT2D eigenvalue weighted by Crippen LogP contribution is 2.21. The first-order valence-corrected chi connectivity index (χ1v) is 5.83. The van der Waals surface area contributed by atoms with Crippen molar-refractivity contribution in [3.63, 3.8) is 0 Å². The van der Waals surface area contributed by atoms with Gasteiger partial charge in [0.2, 0.25) is 0 Å². The first-order valence-electron chi connectivity index (χ1n) is 5.83. The summed E-state index contributed by atoms with van der Waals surface area (Å²) >= 11 is 0. The van der Waals surface area contributed by atoms with E-state index in [-0.39, 0.29) is 17.8 Å². The molecule has 0 radical (unpaired) electrons. The number of amides is 1. The number of hydrogen-bond donors (Lipinski definition) is 3. The van der Waals surface area contributed by atoms with Crippen LogP contribution in [0, 0.1) is 13.8 Å². The Kier molecular flexibility index (Phi) is 3.66. The minimum absolute atomic E-state index is 0.242. The van der Waals surface area contributed by atoms with Gasteiger partial charge in [-0.05, 0) is 19.9 Å². The standard InChI is InChI=1S/C12H13N3O5/c1-5-3-7(9-6(2)15-20-11(9)14-5)10(17)13-4-8(16)12(18)19/h3,8,16H,4H2,1-2H3,(H,13,17)(H,18,19)/t8-/m0/s1. The van der Waals surface area contributed by atoms with Crippen molar-refractivity contribution < 1.29 is 24.3 Å². The molecule has 0 spiro atoms. The second-order valence-corrected chi connectivity index (χ2v) is 4.32. The summed E-state index contributed by atoms with van der Waals surface area (Å²) < 4.78 is 5.00. The fraction of sp³-hybridized carbons (Fsp3) is 0.333. The number of nitrogens with one attached hydrogen (secondary N) is 1. The molecule has 20 heavy (non-hydrogen) atoms. The molecule has 3 N–H and O–H groups in total. The molecule has 0 bridgehead atoms. The smallest absolute Gasteiger partial charge is 0.334 e. The number of aliphatic hydroxyl groups excluding tert-OH is 1. The van der Waals surface area contributed by atoms with Gasteiger partial charge in [-0.15, -0.1) is 0 Å². The van der Waals surface area contributed by atoms with E-state index in [4.69, 9.17) is 14.7 Å². The van der Waals surface area contributed by atoms with Gasteiger partial charge in [0.15, 0.2) is 6.10 Å². The summed E-state index contributed by atoms with van der Waals surface area (Å²) in [6.07, 6.45) is -1.65. The number of fused-ring (bicyclic) bond motifs is 1. The normalized spacial score (nSPS) is 12.3. The molecule has 0 aliphatic carbocycles. The monoisotopic (exact) mass is 279 g/mol. The number of aliphatic hydroxyl groups is 1. The lowest BCUT2D eigenvalue weighted by Gasteiger charge is -2.08. The van der Waals surface area contributed by atoms with Crippen LogP contribution >= 0.6 is 0 Å². The zero-order valence-corrected chi connectivity index (χ0v) is 10.9. The quantitative estimate of drug-likeness (QED) is 0.720. The van der Waals surface area contributed by atoms with E-state index < -0.39 is 18.0 Å². The molecule has 8 heteroatoms. The highest BCUT2D eigenvalue weighted by molar-refractivity contribution is 6.06. The van der Waals surface area contributed by atoms with Crippen molar-refractivity contribution in [2.24, 2.45) is 0 Å². The van der Waals surface area contributed by atoms with Crippen molar-refractivity contribution in [1.82, 2.24) is 15.5 Å². The predicted octanol–water partition coefficient (Wildman–Crippen LogP) is 0.0149. The van der Waals surface area contributed by atoms with E-state index in [1.165, 1.54) is 0 Å². The average Bonchev–Trinajstić information content (AvgIpc) is 2.75. The zero-order chi connectivity index (χ0) is 14.9. The average molecular weight is 279 g/mol. The number of carbonyl (C=O) groups excluding carboxylic acids is 1. The summed E-state index contributed by atoms with van der Waals surface area (Å²) in [7, 11) is 0. The Hall–Kier alpha value is -2.48. The van der Waals surface area contributed by atoms with Crippen molar-refractivity contribution in [1.29, 1.82) is 0 Å². The minimum Gasteiger partial charge on any atom is -0.479 e. The van der Waals surface area contributed by atoms with E-state index in [0.717, 1.165) is 0 Å². The van der Waals surface area contributed by atoms with Crippen molar-refractivity contribution in [2.75, 3.05) is 6.54 Å². The molecule has 8 nitrogen and oxygen atoms in total. The lowest BCUT2D eigenvalue weighted by atomic mass is 10.1. The maximum Gasteiger partial charge on any atom is 0.334 e. The first kappa shape index (κ1) is 13.9. The van der Waals surface area contributed by atoms with E-state index in [9.17, 15) is 9.59 Å². The van der Waals surface area contributed by atoms with Gasteiger partial charge in [-0.2, -0.15) is 0 Å². The molecule has 2 aromatic rings. The minimum atomic E-state index is -1.65. The number of carbonyl (C=O) groups is 2. The number of pyridine rings is 1. The number of aromatic nitrogens is 2. The molecule has 0 saturated heterocycles. The third kappa shape index (κ3) is 2.59. The fourth-order valence-corrected chi connectivity index (χ4v) is 1.77. The Morgan fingerprint density at radius 1 is 1.45 bits per heavy atom. The first-order chi connectivity index (χ1) is 9.40. The Bertz CT molecular complexity index is 679. The van der Waals surface area contributed by atoms with Crippen LogP contribution in [0.5, 0.6) is 0 Å². The van der Waals surface area contributed by atoms with Crippen LogP contribution in [-0.2, 0) is 4.79 Å². The van der Waals surface area contributed by atoms with Gasteiger partial charge in [0.1, 0.15) is 0 Å². The summed E-state index contributed by atoms with van der Waals surface area (Å²) in [6.45, 7) is 2.98. The lowest BCUT2D eigenvalue weighted by Crippen LogP contribution is -2.36. The highest BCUT2D eigenvalue weighted by Gasteiger charge is 2.19. The molecule has 1 atom stereocenters. The summed E-state index contributed by atoms with van der Waals surface area (Å²) in [5.41, 5.74) is 1.60. The lowest BCUT2D eigenvalue weighted by molar-refractivity contribution is -0.146.